The number of piperazine rings is 1. The van der Waals surface area contributed by atoms with Gasteiger partial charge in [-0.05, 0) is 11.6 Å². The number of nitrogens with zero attached hydrogens (tertiary/aromatic N) is 3. The molecule has 1 fully saturated rings. The third kappa shape index (κ3) is 2.65. The van der Waals surface area contributed by atoms with Crippen LogP contribution in [0.1, 0.15) is 5.56 Å². The number of rotatable bonds is 3. The fourth-order valence-electron chi connectivity index (χ4n) is 2.02. The molecule has 2 heterocycles. The average molecular weight is 249 g/mol. The van der Waals surface area contributed by atoms with Crippen LogP contribution in [0.15, 0.2) is 24.5 Å². The van der Waals surface area contributed by atoms with Gasteiger partial charge in [0.25, 0.3) is 0 Å². The summed E-state index contributed by atoms with van der Waals surface area (Å²) in [4.78, 5) is 29.9. The van der Waals surface area contributed by atoms with E-state index in [2.05, 4.69) is 4.98 Å². The van der Waals surface area contributed by atoms with Crippen LogP contribution in [0.2, 0.25) is 0 Å². The van der Waals surface area contributed by atoms with Crippen molar-refractivity contribution in [1.82, 2.24) is 14.8 Å². The molecular weight excluding hydrogens is 234 g/mol. The number of hydrogen-bond acceptors (Lipinski definition) is 4. The van der Waals surface area contributed by atoms with E-state index < -0.39 is 12.0 Å². The van der Waals surface area contributed by atoms with Crippen molar-refractivity contribution in [3.8, 4) is 0 Å². The van der Waals surface area contributed by atoms with E-state index >= 15 is 0 Å². The average Bonchev–Trinajstić information content (AvgIpc) is 2.34. The Hall–Kier alpha value is -1.95. The minimum Gasteiger partial charge on any atom is -0.480 e. The second-order valence-corrected chi connectivity index (χ2v) is 4.39. The number of amides is 1. The number of carboxylic acid groups (broad SMARTS) is 1. The molecule has 1 amide bonds. The molecule has 1 N–H and O–H groups in total. The second kappa shape index (κ2) is 5.14. The molecule has 0 saturated carbocycles. The summed E-state index contributed by atoms with van der Waals surface area (Å²) >= 11 is 0. The van der Waals surface area contributed by atoms with Gasteiger partial charge in [0.05, 0.1) is 6.54 Å². The lowest BCUT2D eigenvalue weighted by Gasteiger charge is -2.36. The van der Waals surface area contributed by atoms with Gasteiger partial charge in [-0.25, -0.2) is 4.79 Å². The van der Waals surface area contributed by atoms with Crippen LogP contribution in [0.5, 0.6) is 0 Å². The van der Waals surface area contributed by atoms with E-state index in [0.717, 1.165) is 5.56 Å². The Bertz CT molecular complexity index is 449. The summed E-state index contributed by atoms with van der Waals surface area (Å²) in [5.74, 6) is -1.14. The van der Waals surface area contributed by atoms with E-state index in [1.807, 2.05) is 17.0 Å². The molecule has 1 aliphatic heterocycles. The number of carbonyl (C=O) groups excluding carboxylic acids is 1. The van der Waals surface area contributed by atoms with Crippen molar-refractivity contribution in [3.63, 3.8) is 0 Å². The van der Waals surface area contributed by atoms with Crippen molar-refractivity contribution < 1.29 is 14.7 Å². The Kier molecular flexibility index (Phi) is 3.57. The van der Waals surface area contributed by atoms with Gasteiger partial charge in [-0.2, -0.15) is 0 Å². The summed E-state index contributed by atoms with van der Waals surface area (Å²) in [5.41, 5.74) is 0.971. The summed E-state index contributed by atoms with van der Waals surface area (Å²) in [6, 6.07) is 2.95. The summed E-state index contributed by atoms with van der Waals surface area (Å²) in [6.45, 7) is 1.12. The highest BCUT2D eigenvalue weighted by Gasteiger charge is 2.34. The lowest BCUT2D eigenvalue weighted by molar-refractivity contribution is -0.154. The number of hydrogen-bond donors (Lipinski definition) is 1. The van der Waals surface area contributed by atoms with E-state index in [9.17, 15) is 9.59 Å². The molecular formula is C12H15N3O3. The van der Waals surface area contributed by atoms with Crippen LogP contribution in [0.25, 0.3) is 0 Å². The number of pyridine rings is 1. The van der Waals surface area contributed by atoms with Crippen LogP contribution in [0.4, 0.5) is 0 Å². The van der Waals surface area contributed by atoms with Crippen molar-refractivity contribution in [1.29, 1.82) is 0 Å². The van der Waals surface area contributed by atoms with Crippen molar-refractivity contribution in [3.05, 3.63) is 30.1 Å². The molecule has 6 heteroatoms. The third-order valence-electron chi connectivity index (χ3n) is 3.06. The maximum absolute atomic E-state index is 11.7. The lowest BCUT2D eigenvalue weighted by Crippen LogP contribution is -2.57. The highest BCUT2D eigenvalue weighted by Crippen LogP contribution is 2.12. The third-order valence-corrected chi connectivity index (χ3v) is 3.06. The predicted molar refractivity (Wildman–Crippen MR) is 63.7 cm³/mol. The predicted octanol–water partition coefficient (Wildman–Crippen LogP) is -0.191. The number of aliphatic carboxylic acids is 1. The van der Waals surface area contributed by atoms with Crippen molar-refractivity contribution in [2.24, 2.45) is 0 Å². The molecule has 0 spiro atoms. The molecule has 1 aromatic rings. The molecule has 2 rings (SSSR count). The maximum Gasteiger partial charge on any atom is 0.327 e. The minimum absolute atomic E-state index is 0.169. The number of carboxylic acids is 1. The van der Waals surface area contributed by atoms with E-state index in [1.54, 1.807) is 12.4 Å². The van der Waals surface area contributed by atoms with Crippen LogP contribution in [0.3, 0.4) is 0 Å². The Morgan fingerprint density at radius 1 is 1.61 bits per heavy atom. The Labute approximate surface area is 105 Å². The quantitative estimate of drug-likeness (QED) is 0.803. The van der Waals surface area contributed by atoms with E-state index in [1.165, 1.54) is 11.9 Å². The lowest BCUT2D eigenvalue weighted by atomic mass is 10.1. The SMILES string of the molecule is CN1C(=O)CN(Cc2cccnc2)CC1C(=O)O. The van der Waals surface area contributed by atoms with Crippen molar-refractivity contribution in [2.45, 2.75) is 12.6 Å². The van der Waals surface area contributed by atoms with Crippen LogP contribution in [-0.2, 0) is 16.1 Å². The van der Waals surface area contributed by atoms with Crippen LogP contribution < -0.4 is 0 Å². The molecule has 0 bridgehead atoms. The highest BCUT2D eigenvalue weighted by atomic mass is 16.4. The van der Waals surface area contributed by atoms with Gasteiger partial charge in [-0.3, -0.25) is 14.7 Å². The normalized spacial score (nSPS) is 21.1. The molecule has 1 saturated heterocycles. The first-order chi connectivity index (χ1) is 8.58. The van der Waals surface area contributed by atoms with Crippen LogP contribution in [-0.4, -0.2) is 57.9 Å². The topological polar surface area (TPSA) is 73.7 Å². The first-order valence-corrected chi connectivity index (χ1v) is 5.67. The molecule has 1 aromatic heterocycles. The summed E-state index contributed by atoms with van der Waals surface area (Å²) in [7, 11) is 1.53. The maximum atomic E-state index is 11.7. The fourth-order valence-corrected chi connectivity index (χ4v) is 2.02. The largest absolute Gasteiger partial charge is 0.480 e. The first kappa shape index (κ1) is 12.5. The van der Waals surface area contributed by atoms with Crippen LogP contribution >= 0.6 is 0 Å². The Morgan fingerprint density at radius 3 is 3.00 bits per heavy atom. The molecule has 1 unspecified atom stereocenters. The number of likely N-dealkylation sites (N-methyl/N-ethyl adjacent to an activating group) is 1. The minimum atomic E-state index is -0.971. The van der Waals surface area contributed by atoms with E-state index in [4.69, 9.17) is 5.11 Å². The zero-order chi connectivity index (χ0) is 13.1. The van der Waals surface area contributed by atoms with Crippen molar-refractivity contribution in [2.75, 3.05) is 20.1 Å². The standard InChI is InChI=1S/C12H15N3O3/c1-14-10(12(17)18)7-15(8-11(14)16)6-9-3-2-4-13-5-9/h2-5,10H,6-8H2,1H3,(H,17,18). The molecule has 96 valence electrons. The molecule has 6 nitrogen and oxygen atoms in total. The monoisotopic (exact) mass is 249 g/mol. The Morgan fingerprint density at radius 2 is 2.39 bits per heavy atom. The first-order valence-electron chi connectivity index (χ1n) is 5.67. The molecule has 1 aliphatic rings. The van der Waals surface area contributed by atoms with Gasteiger partial charge in [-0.1, -0.05) is 6.07 Å². The van der Waals surface area contributed by atoms with Gasteiger partial charge in [0.2, 0.25) is 5.91 Å². The van der Waals surface area contributed by atoms with E-state index in [0.29, 0.717) is 13.1 Å². The number of carbonyl (C=O) groups is 2. The summed E-state index contributed by atoms with van der Waals surface area (Å²) in [6.07, 6.45) is 3.40. The molecule has 0 aliphatic carbocycles. The Balaban J connectivity index is 2.06. The summed E-state index contributed by atoms with van der Waals surface area (Å²) < 4.78 is 0. The molecule has 18 heavy (non-hydrogen) atoms. The van der Waals surface area contributed by atoms with E-state index in [-0.39, 0.29) is 12.5 Å². The molecule has 1 atom stereocenters. The van der Waals surface area contributed by atoms with Crippen LogP contribution in [0, 0.1) is 0 Å². The van der Waals surface area contributed by atoms with Gasteiger partial charge in [0, 0.05) is 32.5 Å². The van der Waals surface area contributed by atoms with Gasteiger partial charge >= 0.3 is 5.97 Å². The molecule has 0 radical (unpaired) electrons. The zero-order valence-corrected chi connectivity index (χ0v) is 10.1. The van der Waals surface area contributed by atoms with Gasteiger partial charge in [0.1, 0.15) is 6.04 Å². The van der Waals surface area contributed by atoms with Gasteiger partial charge < -0.3 is 10.0 Å². The molecule has 0 aromatic carbocycles. The van der Waals surface area contributed by atoms with Crippen molar-refractivity contribution >= 4 is 11.9 Å². The zero-order valence-electron chi connectivity index (χ0n) is 10.1. The second-order valence-electron chi connectivity index (χ2n) is 4.39. The van der Waals surface area contributed by atoms with Gasteiger partial charge in [-0.15, -0.1) is 0 Å². The van der Waals surface area contributed by atoms with Gasteiger partial charge in [0.15, 0.2) is 0 Å². The number of aromatic nitrogens is 1. The smallest absolute Gasteiger partial charge is 0.327 e. The fraction of sp³-hybridized carbons (Fsp3) is 0.417. The summed E-state index contributed by atoms with van der Waals surface area (Å²) in [5, 5.41) is 9.08. The highest BCUT2D eigenvalue weighted by molar-refractivity contribution is 5.86.